The number of hydrogen-bond donors (Lipinski definition) is 1. The Morgan fingerprint density at radius 2 is 1.94 bits per heavy atom. The number of para-hydroxylation sites is 1. The fourth-order valence-electron chi connectivity index (χ4n) is 4.61. The van der Waals surface area contributed by atoms with Crippen LogP contribution in [0.4, 0.5) is 0 Å². The molecule has 1 amide bonds. The second kappa shape index (κ2) is 8.69. The van der Waals surface area contributed by atoms with Crippen LogP contribution in [0.5, 0.6) is 0 Å². The molecule has 2 aliphatic rings. The van der Waals surface area contributed by atoms with Crippen LogP contribution in [0.25, 0.3) is 5.69 Å². The number of amides is 1. The molecule has 3 heterocycles. The van der Waals surface area contributed by atoms with Crippen molar-refractivity contribution < 1.29 is 13.9 Å². The van der Waals surface area contributed by atoms with E-state index >= 15 is 0 Å². The molecule has 0 spiro atoms. The number of rotatable bonds is 6. The van der Waals surface area contributed by atoms with Crippen LogP contribution in [-0.4, -0.2) is 53.4 Å². The largest absolute Gasteiger partial charge is 0.465 e. The Bertz CT molecular complexity index is 1050. The van der Waals surface area contributed by atoms with Crippen molar-refractivity contribution in [1.82, 2.24) is 20.0 Å². The fourth-order valence-corrected chi connectivity index (χ4v) is 4.61. The standard InChI is InChI=1S/C24H28N4O3/c1-17-10-11-22(31-17)21(27-12-14-30-15-13-27)16-25-24(29)23-19-8-5-9-20(19)28(26-23)18-6-3-2-4-7-18/h2-4,6-7,10-11,21H,5,8-9,12-16H2,1H3,(H,25,29). The summed E-state index contributed by atoms with van der Waals surface area (Å²) in [5.41, 5.74) is 3.78. The van der Waals surface area contributed by atoms with Gasteiger partial charge in [0.15, 0.2) is 5.69 Å². The number of fused-ring (bicyclic) bond motifs is 1. The summed E-state index contributed by atoms with van der Waals surface area (Å²) in [5.74, 6) is 1.63. The summed E-state index contributed by atoms with van der Waals surface area (Å²) in [6.07, 6.45) is 2.91. The summed E-state index contributed by atoms with van der Waals surface area (Å²) in [5, 5.41) is 7.86. The molecule has 1 aliphatic carbocycles. The number of furan rings is 1. The molecular weight excluding hydrogens is 392 g/mol. The van der Waals surface area contributed by atoms with Gasteiger partial charge in [-0.15, -0.1) is 0 Å². The van der Waals surface area contributed by atoms with Crippen molar-refractivity contribution in [1.29, 1.82) is 0 Å². The summed E-state index contributed by atoms with van der Waals surface area (Å²) in [6.45, 7) is 5.44. The first-order chi connectivity index (χ1) is 15.2. The lowest BCUT2D eigenvalue weighted by atomic mass is 10.1. The molecule has 31 heavy (non-hydrogen) atoms. The number of carbonyl (C=O) groups excluding carboxylic acids is 1. The summed E-state index contributed by atoms with van der Waals surface area (Å²) in [7, 11) is 0. The van der Waals surface area contributed by atoms with Gasteiger partial charge in [-0.25, -0.2) is 4.68 Å². The quantitative estimate of drug-likeness (QED) is 0.664. The highest BCUT2D eigenvalue weighted by molar-refractivity contribution is 5.94. The van der Waals surface area contributed by atoms with Gasteiger partial charge in [-0.05, 0) is 50.5 Å². The number of morpholine rings is 1. The number of carbonyl (C=O) groups is 1. The van der Waals surface area contributed by atoms with Gasteiger partial charge in [0, 0.05) is 30.9 Å². The van der Waals surface area contributed by atoms with Gasteiger partial charge in [0.2, 0.25) is 0 Å². The Balaban J connectivity index is 1.37. The minimum atomic E-state index is -0.116. The lowest BCUT2D eigenvalue weighted by Gasteiger charge is -2.33. The molecule has 1 atom stereocenters. The Labute approximate surface area is 182 Å². The minimum absolute atomic E-state index is 0.0224. The van der Waals surface area contributed by atoms with Crippen molar-refractivity contribution in [3.8, 4) is 5.69 Å². The second-order valence-electron chi connectivity index (χ2n) is 8.20. The maximum absolute atomic E-state index is 13.2. The van der Waals surface area contributed by atoms with E-state index in [9.17, 15) is 4.79 Å². The topological polar surface area (TPSA) is 72.5 Å². The Hall–Kier alpha value is -2.90. The molecule has 1 unspecified atom stereocenters. The zero-order valence-corrected chi connectivity index (χ0v) is 17.8. The van der Waals surface area contributed by atoms with Gasteiger partial charge in [0.1, 0.15) is 11.5 Å². The van der Waals surface area contributed by atoms with Crippen molar-refractivity contribution in [3.05, 3.63) is 70.9 Å². The van der Waals surface area contributed by atoms with E-state index in [2.05, 4.69) is 10.2 Å². The lowest BCUT2D eigenvalue weighted by Crippen LogP contribution is -2.43. The monoisotopic (exact) mass is 420 g/mol. The third-order valence-electron chi connectivity index (χ3n) is 6.18. The second-order valence-corrected chi connectivity index (χ2v) is 8.20. The maximum atomic E-state index is 13.2. The SMILES string of the molecule is Cc1ccc(C(CNC(=O)c2nn(-c3ccccc3)c3c2CCC3)N2CCOCC2)o1. The number of nitrogens with one attached hydrogen (secondary N) is 1. The van der Waals surface area contributed by atoms with Gasteiger partial charge in [-0.2, -0.15) is 5.10 Å². The molecule has 162 valence electrons. The zero-order chi connectivity index (χ0) is 21.2. The van der Waals surface area contributed by atoms with Gasteiger partial charge < -0.3 is 14.5 Å². The van der Waals surface area contributed by atoms with Crippen molar-refractivity contribution in [3.63, 3.8) is 0 Å². The number of ether oxygens (including phenoxy) is 1. The highest BCUT2D eigenvalue weighted by Crippen LogP contribution is 2.28. The van der Waals surface area contributed by atoms with E-state index < -0.39 is 0 Å². The predicted octanol–water partition coefficient (Wildman–Crippen LogP) is 3.07. The van der Waals surface area contributed by atoms with E-state index in [0.29, 0.717) is 25.5 Å². The molecule has 1 saturated heterocycles. The van der Waals surface area contributed by atoms with Crippen molar-refractivity contribution in [2.45, 2.75) is 32.2 Å². The van der Waals surface area contributed by atoms with Crippen LogP contribution in [-0.2, 0) is 17.6 Å². The molecule has 1 aliphatic heterocycles. The number of nitrogens with zero attached hydrogens (tertiary/aromatic N) is 3. The molecular formula is C24H28N4O3. The van der Waals surface area contributed by atoms with E-state index in [0.717, 1.165) is 60.8 Å². The molecule has 0 saturated carbocycles. The van der Waals surface area contributed by atoms with Crippen molar-refractivity contribution in [2.75, 3.05) is 32.8 Å². The van der Waals surface area contributed by atoms with Gasteiger partial charge in [-0.3, -0.25) is 9.69 Å². The molecule has 0 bridgehead atoms. The Morgan fingerprint density at radius 1 is 1.13 bits per heavy atom. The Kier molecular flexibility index (Phi) is 5.61. The van der Waals surface area contributed by atoms with E-state index in [4.69, 9.17) is 14.3 Å². The van der Waals surface area contributed by atoms with Crippen molar-refractivity contribution >= 4 is 5.91 Å². The van der Waals surface area contributed by atoms with E-state index in [1.807, 2.05) is 54.1 Å². The molecule has 7 heteroatoms. The third-order valence-corrected chi connectivity index (χ3v) is 6.18. The van der Waals surface area contributed by atoms with E-state index in [-0.39, 0.29) is 11.9 Å². The highest BCUT2D eigenvalue weighted by Gasteiger charge is 2.29. The number of aromatic nitrogens is 2. The van der Waals surface area contributed by atoms with Gasteiger partial charge in [-0.1, -0.05) is 18.2 Å². The molecule has 7 nitrogen and oxygen atoms in total. The first kappa shape index (κ1) is 20.0. The Morgan fingerprint density at radius 3 is 2.68 bits per heavy atom. The van der Waals surface area contributed by atoms with Gasteiger partial charge in [0.05, 0.1) is 24.9 Å². The summed E-state index contributed by atoms with van der Waals surface area (Å²) >= 11 is 0. The van der Waals surface area contributed by atoms with E-state index in [1.165, 1.54) is 0 Å². The van der Waals surface area contributed by atoms with Crippen LogP contribution in [0.15, 0.2) is 46.9 Å². The van der Waals surface area contributed by atoms with E-state index in [1.54, 1.807) is 0 Å². The number of aryl methyl sites for hydroxylation is 1. The molecule has 5 rings (SSSR count). The predicted molar refractivity (Wildman–Crippen MR) is 117 cm³/mol. The normalized spacial score (nSPS) is 17.5. The van der Waals surface area contributed by atoms with Crippen LogP contribution in [0.3, 0.4) is 0 Å². The number of benzene rings is 1. The third kappa shape index (κ3) is 4.03. The van der Waals surface area contributed by atoms with Crippen LogP contribution in [0, 0.1) is 6.92 Å². The minimum Gasteiger partial charge on any atom is -0.465 e. The molecule has 0 radical (unpaired) electrons. The van der Waals surface area contributed by atoms with Crippen LogP contribution < -0.4 is 5.32 Å². The molecule has 2 aromatic heterocycles. The fraction of sp³-hybridized carbons (Fsp3) is 0.417. The van der Waals surface area contributed by atoms with Gasteiger partial charge >= 0.3 is 0 Å². The van der Waals surface area contributed by atoms with Crippen LogP contribution in [0.1, 0.15) is 45.7 Å². The highest BCUT2D eigenvalue weighted by atomic mass is 16.5. The first-order valence-electron chi connectivity index (χ1n) is 11.0. The summed E-state index contributed by atoms with van der Waals surface area (Å²) in [6, 6.07) is 14.0. The first-order valence-corrected chi connectivity index (χ1v) is 11.0. The number of hydrogen-bond acceptors (Lipinski definition) is 5. The van der Waals surface area contributed by atoms with Gasteiger partial charge in [0.25, 0.3) is 5.91 Å². The molecule has 1 aromatic carbocycles. The smallest absolute Gasteiger partial charge is 0.272 e. The van der Waals surface area contributed by atoms with Crippen LogP contribution >= 0.6 is 0 Å². The maximum Gasteiger partial charge on any atom is 0.272 e. The molecule has 1 N–H and O–H groups in total. The van der Waals surface area contributed by atoms with Crippen molar-refractivity contribution in [2.24, 2.45) is 0 Å². The summed E-state index contributed by atoms with van der Waals surface area (Å²) < 4.78 is 13.4. The zero-order valence-electron chi connectivity index (χ0n) is 17.8. The summed E-state index contributed by atoms with van der Waals surface area (Å²) in [4.78, 5) is 15.5. The lowest BCUT2D eigenvalue weighted by molar-refractivity contribution is 0.0116. The average molecular weight is 421 g/mol. The molecule has 3 aromatic rings. The van der Waals surface area contributed by atoms with Crippen LogP contribution in [0.2, 0.25) is 0 Å². The average Bonchev–Trinajstić information content (AvgIpc) is 3.52. The molecule has 1 fully saturated rings.